The van der Waals surface area contributed by atoms with Gasteiger partial charge in [0.15, 0.2) is 0 Å². The summed E-state index contributed by atoms with van der Waals surface area (Å²) in [6, 6.07) is 7.11. The monoisotopic (exact) mass is 283 g/mol. The van der Waals surface area contributed by atoms with E-state index in [1.807, 2.05) is 26.2 Å². The maximum atomic E-state index is 12.5. The molecule has 5 nitrogen and oxygen atoms in total. The molecule has 1 fully saturated rings. The maximum absolute atomic E-state index is 12.5. The van der Waals surface area contributed by atoms with E-state index >= 15 is 0 Å². The summed E-state index contributed by atoms with van der Waals surface area (Å²) in [5.74, 6) is 0. The van der Waals surface area contributed by atoms with E-state index in [-0.39, 0.29) is 0 Å². The van der Waals surface area contributed by atoms with Crippen LogP contribution >= 0.6 is 0 Å². The molecule has 19 heavy (non-hydrogen) atoms. The van der Waals surface area contributed by atoms with Gasteiger partial charge in [0.05, 0.1) is 4.90 Å². The molecule has 0 amide bonds. The number of nitrogens with one attached hydrogen (secondary N) is 1. The van der Waals surface area contributed by atoms with Gasteiger partial charge >= 0.3 is 0 Å². The molecule has 0 atom stereocenters. The van der Waals surface area contributed by atoms with Gasteiger partial charge in [-0.3, -0.25) is 0 Å². The van der Waals surface area contributed by atoms with Crippen molar-refractivity contribution in [3.05, 3.63) is 29.8 Å². The van der Waals surface area contributed by atoms with Gasteiger partial charge in [0.1, 0.15) is 0 Å². The largest absolute Gasteiger partial charge is 0.316 e. The Kier molecular flexibility index (Phi) is 4.57. The molecular formula is C13H21N3O2S. The first-order chi connectivity index (χ1) is 9.04. The normalized spacial score (nSPS) is 18.6. The standard InChI is InChI=1S/C13H21N3O2S/c1-14-11-12-3-5-13(6-4-12)19(17,18)16-9-7-15(2)8-10-16/h3-6,14H,7-11H2,1-2H3. The Morgan fingerprint density at radius 2 is 1.68 bits per heavy atom. The van der Waals surface area contributed by atoms with Crippen LogP contribution in [-0.2, 0) is 16.6 Å². The molecule has 2 rings (SSSR count). The lowest BCUT2D eigenvalue weighted by Crippen LogP contribution is -2.46. The molecule has 0 aliphatic carbocycles. The van der Waals surface area contributed by atoms with E-state index in [4.69, 9.17) is 0 Å². The van der Waals surface area contributed by atoms with Crippen LogP contribution in [0.3, 0.4) is 0 Å². The smallest absolute Gasteiger partial charge is 0.243 e. The Balaban J connectivity index is 2.15. The Morgan fingerprint density at radius 3 is 2.21 bits per heavy atom. The highest BCUT2D eigenvalue weighted by Gasteiger charge is 2.27. The van der Waals surface area contributed by atoms with Crippen molar-refractivity contribution < 1.29 is 8.42 Å². The van der Waals surface area contributed by atoms with Crippen LogP contribution in [0.5, 0.6) is 0 Å². The molecule has 1 heterocycles. The van der Waals surface area contributed by atoms with Gasteiger partial charge in [0.25, 0.3) is 0 Å². The van der Waals surface area contributed by atoms with Crippen LogP contribution in [0.25, 0.3) is 0 Å². The van der Waals surface area contributed by atoms with Crippen molar-refractivity contribution in [2.24, 2.45) is 0 Å². The van der Waals surface area contributed by atoms with E-state index in [1.165, 1.54) is 0 Å². The second-order valence-electron chi connectivity index (χ2n) is 4.88. The van der Waals surface area contributed by atoms with Gasteiger partial charge in [0, 0.05) is 32.7 Å². The average molecular weight is 283 g/mol. The fourth-order valence-corrected chi connectivity index (χ4v) is 3.58. The summed E-state index contributed by atoms with van der Waals surface area (Å²) in [4.78, 5) is 2.53. The van der Waals surface area contributed by atoms with E-state index in [2.05, 4.69) is 10.2 Å². The lowest BCUT2D eigenvalue weighted by molar-refractivity contribution is 0.222. The highest BCUT2D eigenvalue weighted by atomic mass is 32.2. The predicted molar refractivity (Wildman–Crippen MR) is 75.5 cm³/mol. The summed E-state index contributed by atoms with van der Waals surface area (Å²) in [7, 11) is 0.549. The first kappa shape index (κ1) is 14.5. The number of nitrogens with zero attached hydrogens (tertiary/aromatic N) is 2. The second-order valence-corrected chi connectivity index (χ2v) is 6.82. The third kappa shape index (κ3) is 3.33. The molecule has 1 aromatic carbocycles. The maximum Gasteiger partial charge on any atom is 0.243 e. The quantitative estimate of drug-likeness (QED) is 0.866. The molecule has 1 aromatic rings. The van der Waals surface area contributed by atoms with Crippen LogP contribution in [0.1, 0.15) is 5.56 Å². The third-order valence-corrected chi connectivity index (χ3v) is 5.32. The Bertz CT molecular complexity index is 505. The summed E-state index contributed by atoms with van der Waals surface area (Å²) < 4.78 is 26.5. The molecule has 0 spiro atoms. The van der Waals surface area contributed by atoms with Gasteiger partial charge in [-0.15, -0.1) is 0 Å². The Labute approximate surface area is 115 Å². The lowest BCUT2D eigenvalue weighted by Gasteiger charge is -2.31. The van der Waals surface area contributed by atoms with Crippen molar-refractivity contribution in [1.29, 1.82) is 0 Å². The van der Waals surface area contributed by atoms with Gasteiger partial charge in [-0.2, -0.15) is 4.31 Å². The first-order valence-electron chi connectivity index (χ1n) is 6.46. The van der Waals surface area contributed by atoms with Crippen molar-refractivity contribution in [1.82, 2.24) is 14.5 Å². The minimum absolute atomic E-state index is 0.386. The van der Waals surface area contributed by atoms with Gasteiger partial charge in [-0.25, -0.2) is 8.42 Å². The number of hydrogen-bond donors (Lipinski definition) is 1. The minimum atomic E-state index is -3.33. The number of sulfonamides is 1. The zero-order chi connectivity index (χ0) is 13.9. The van der Waals surface area contributed by atoms with Gasteiger partial charge < -0.3 is 10.2 Å². The van der Waals surface area contributed by atoms with Crippen LogP contribution in [0.4, 0.5) is 0 Å². The molecule has 0 unspecified atom stereocenters. The average Bonchev–Trinajstić information content (AvgIpc) is 2.40. The number of likely N-dealkylation sites (N-methyl/N-ethyl adjacent to an activating group) is 1. The van der Waals surface area contributed by atoms with Gasteiger partial charge in [0.2, 0.25) is 10.0 Å². The van der Waals surface area contributed by atoms with E-state index in [9.17, 15) is 8.42 Å². The minimum Gasteiger partial charge on any atom is -0.316 e. The van der Waals surface area contributed by atoms with Crippen molar-refractivity contribution in [3.63, 3.8) is 0 Å². The lowest BCUT2D eigenvalue weighted by atomic mass is 10.2. The molecule has 106 valence electrons. The van der Waals surface area contributed by atoms with Crippen LogP contribution in [0.2, 0.25) is 0 Å². The summed E-state index contributed by atoms with van der Waals surface area (Å²) in [5, 5.41) is 3.05. The number of rotatable bonds is 4. The van der Waals surface area contributed by atoms with Crippen molar-refractivity contribution >= 4 is 10.0 Å². The highest BCUT2D eigenvalue weighted by Crippen LogP contribution is 2.17. The zero-order valence-electron chi connectivity index (χ0n) is 11.5. The predicted octanol–water partition coefficient (Wildman–Crippen LogP) is 0.342. The molecule has 1 aliphatic rings. The van der Waals surface area contributed by atoms with Crippen LogP contribution in [0.15, 0.2) is 29.2 Å². The summed E-state index contributed by atoms with van der Waals surface area (Å²) >= 11 is 0. The van der Waals surface area contributed by atoms with Gasteiger partial charge in [-0.1, -0.05) is 12.1 Å². The first-order valence-corrected chi connectivity index (χ1v) is 7.90. The van der Waals surface area contributed by atoms with E-state index < -0.39 is 10.0 Å². The topological polar surface area (TPSA) is 52.7 Å². The number of benzene rings is 1. The van der Waals surface area contributed by atoms with Crippen molar-refractivity contribution in [2.75, 3.05) is 40.3 Å². The van der Waals surface area contributed by atoms with Crippen LogP contribution in [0, 0.1) is 0 Å². The molecule has 1 saturated heterocycles. The third-order valence-electron chi connectivity index (χ3n) is 3.40. The summed E-state index contributed by atoms with van der Waals surface area (Å²) in [5.41, 5.74) is 1.08. The van der Waals surface area contributed by atoms with E-state index in [1.54, 1.807) is 16.4 Å². The fourth-order valence-electron chi connectivity index (χ4n) is 2.16. The molecule has 0 radical (unpaired) electrons. The molecule has 1 aliphatic heterocycles. The Hall–Kier alpha value is -0.950. The SMILES string of the molecule is CNCc1ccc(S(=O)(=O)N2CCN(C)CC2)cc1. The summed E-state index contributed by atoms with van der Waals surface area (Å²) in [6.45, 7) is 3.46. The highest BCUT2D eigenvalue weighted by molar-refractivity contribution is 7.89. The number of piperazine rings is 1. The second kappa shape index (κ2) is 6.00. The fraction of sp³-hybridized carbons (Fsp3) is 0.538. The zero-order valence-corrected chi connectivity index (χ0v) is 12.3. The van der Waals surface area contributed by atoms with Crippen LogP contribution in [-0.4, -0.2) is 57.9 Å². The molecule has 1 N–H and O–H groups in total. The summed E-state index contributed by atoms with van der Waals surface area (Å²) in [6.07, 6.45) is 0. The van der Waals surface area contributed by atoms with E-state index in [0.717, 1.165) is 25.2 Å². The molecule has 0 bridgehead atoms. The molecule has 6 heteroatoms. The molecular weight excluding hydrogens is 262 g/mol. The van der Waals surface area contributed by atoms with Gasteiger partial charge in [-0.05, 0) is 31.8 Å². The van der Waals surface area contributed by atoms with Crippen molar-refractivity contribution in [2.45, 2.75) is 11.4 Å². The Morgan fingerprint density at radius 1 is 1.11 bits per heavy atom. The van der Waals surface area contributed by atoms with Crippen molar-refractivity contribution in [3.8, 4) is 0 Å². The number of hydrogen-bond acceptors (Lipinski definition) is 4. The molecule has 0 saturated carbocycles. The molecule has 0 aromatic heterocycles. The van der Waals surface area contributed by atoms with Crippen LogP contribution < -0.4 is 5.32 Å². The van der Waals surface area contributed by atoms with E-state index in [0.29, 0.717) is 18.0 Å².